The molecule has 6 heteroatoms. The lowest BCUT2D eigenvalue weighted by Crippen LogP contribution is -2.27. The van der Waals surface area contributed by atoms with E-state index in [-0.39, 0.29) is 5.56 Å². The van der Waals surface area contributed by atoms with Crippen molar-refractivity contribution in [2.45, 2.75) is 13.0 Å². The van der Waals surface area contributed by atoms with Crippen LogP contribution in [0, 0.1) is 0 Å². The standard InChI is InChI=1S/C13H12N4OS/c1-17-3-2-9-7(5-17)4-8-10-11(19-13(8)16-9)12(18)15-6-14-10/h4,6H,2-3,5H2,1H3,(H,14,15,18). The zero-order chi connectivity index (χ0) is 13.0. The molecule has 0 aliphatic carbocycles. The first-order valence-electron chi connectivity index (χ1n) is 6.19. The Morgan fingerprint density at radius 3 is 3.26 bits per heavy atom. The molecule has 4 heterocycles. The van der Waals surface area contributed by atoms with Gasteiger partial charge in [0.2, 0.25) is 0 Å². The second-order valence-corrected chi connectivity index (χ2v) is 5.95. The van der Waals surface area contributed by atoms with Gasteiger partial charge >= 0.3 is 0 Å². The van der Waals surface area contributed by atoms with Crippen molar-refractivity contribution in [1.82, 2.24) is 19.9 Å². The van der Waals surface area contributed by atoms with Gasteiger partial charge in [0.25, 0.3) is 5.56 Å². The Labute approximate surface area is 112 Å². The van der Waals surface area contributed by atoms with Crippen LogP contribution in [0.15, 0.2) is 17.2 Å². The summed E-state index contributed by atoms with van der Waals surface area (Å²) in [6, 6.07) is 2.15. The fourth-order valence-corrected chi connectivity index (χ4v) is 3.64. The molecule has 0 amide bonds. The van der Waals surface area contributed by atoms with E-state index in [9.17, 15) is 4.79 Å². The average Bonchev–Trinajstić information content (AvgIpc) is 2.76. The smallest absolute Gasteiger partial charge is 0.268 e. The van der Waals surface area contributed by atoms with E-state index >= 15 is 0 Å². The van der Waals surface area contributed by atoms with Crippen molar-refractivity contribution in [2.75, 3.05) is 13.6 Å². The molecule has 0 radical (unpaired) electrons. The summed E-state index contributed by atoms with van der Waals surface area (Å²) in [6.45, 7) is 1.95. The number of hydrogen-bond donors (Lipinski definition) is 1. The highest BCUT2D eigenvalue weighted by Gasteiger charge is 2.18. The number of rotatable bonds is 0. The first kappa shape index (κ1) is 11.1. The summed E-state index contributed by atoms with van der Waals surface area (Å²) in [5.74, 6) is 0. The molecule has 5 nitrogen and oxygen atoms in total. The third-order valence-electron chi connectivity index (χ3n) is 3.59. The van der Waals surface area contributed by atoms with Crippen molar-refractivity contribution in [3.63, 3.8) is 0 Å². The molecule has 0 spiro atoms. The van der Waals surface area contributed by atoms with Gasteiger partial charge in [-0.15, -0.1) is 11.3 Å². The van der Waals surface area contributed by atoms with E-state index in [0.717, 1.165) is 40.9 Å². The summed E-state index contributed by atoms with van der Waals surface area (Å²) in [5, 5.41) is 1.00. The van der Waals surface area contributed by atoms with Crippen molar-refractivity contribution >= 4 is 31.8 Å². The highest BCUT2D eigenvalue weighted by atomic mass is 32.1. The Kier molecular flexibility index (Phi) is 2.24. The molecule has 0 atom stereocenters. The van der Waals surface area contributed by atoms with Crippen molar-refractivity contribution in [1.29, 1.82) is 0 Å². The van der Waals surface area contributed by atoms with Gasteiger partial charge in [-0.1, -0.05) is 0 Å². The molecule has 1 aliphatic rings. The lowest BCUT2D eigenvalue weighted by molar-refractivity contribution is 0.310. The van der Waals surface area contributed by atoms with E-state index in [1.54, 1.807) is 0 Å². The molecule has 0 saturated heterocycles. The first-order chi connectivity index (χ1) is 9.22. The Bertz CT molecular complexity index is 851. The summed E-state index contributed by atoms with van der Waals surface area (Å²) in [5.41, 5.74) is 3.10. The van der Waals surface area contributed by atoms with Crippen LogP contribution in [0.1, 0.15) is 11.3 Å². The SMILES string of the molecule is CN1CCc2nc3sc4c(=O)[nH]cnc4c3cc2C1. The fraction of sp³-hybridized carbons (Fsp3) is 0.308. The van der Waals surface area contributed by atoms with Crippen LogP contribution in [0.5, 0.6) is 0 Å². The van der Waals surface area contributed by atoms with E-state index in [1.165, 1.54) is 23.2 Å². The van der Waals surface area contributed by atoms with E-state index in [1.807, 2.05) is 0 Å². The summed E-state index contributed by atoms with van der Waals surface area (Å²) < 4.78 is 0.667. The van der Waals surface area contributed by atoms with E-state index in [0.29, 0.717) is 4.70 Å². The van der Waals surface area contributed by atoms with Gasteiger partial charge < -0.3 is 9.88 Å². The zero-order valence-corrected chi connectivity index (χ0v) is 11.3. The molecule has 3 aromatic heterocycles. The van der Waals surface area contributed by atoms with Crippen LogP contribution in [-0.2, 0) is 13.0 Å². The molecule has 0 saturated carbocycles. The maximum absolute atomic E-state index is 11.8. The Balaban J connectivity index is 2.09. The predicted molar refractivity (Wildman–Crippen MR) is 75.6 cm³/mol. The first-order valence-corrected chi connectivity index (χ1v) is 7.01. The number of likely N-dealkylation sites (N-methyl/N-ethyl adjacent to an activating group) is 1. The molecule has 19 heavy (non-hydrogen) atoms. The second kappa shape index (κ2) is 3.85. The number of aromatic nitrogens is 3. The average molecular weight is 272 g/mol. The monoisotopic (exact) mass is 272 g/mol. The van der Waals surface area contributed by atoms with Crippen LogP contribution in [0.4, 0.5) is 0 Å². The Hall–Kier alpha value is -1.79. The molecule has 0 unspecified atom stereocenters. The van der Waals surface area contributed by atoms with E-state index in [2.05, 4.69) is 28.0 Å². The van der Waals surface area contributed by atoms with E-state index < -0.39 is 0 Å². The molecule has 0 aromatic carbocycles. The molecule has 1 aliphatic heterocycles. The third-order valence-corrected chi connectivity index (χ3v) is 4.68. The van der Waals surface area contributed by atoms with Crippen molar-refractivity contribution in [3.8, 4) is 0 Å². The largest absolute Gasteiger partial charge is 0.312 e. The number of nitrogens with zero attached hydrogens (tertiary/aromatic N) is 3. The van der Waals surface area contributed by atoms with Gasteiger partial charge in [0.15, 0.2) is 0 Å². The minimum atomic E-state index is -0.0805. The van der Waals surface area contributed by atoms with Crippen LogP contribution in [0.2, 0.25) is 0 Å². The normalized spacial score (nSPS) is 16.1. The fourth-order valence-electron chi connectivity index (χ4n) is 2.61. The van der Waals surface area contributed by atoms with Crippen LogP contribution in [0.3, 0.4) is 0 Å². The van der Waals surface area contributed by atoms with Gasteiger partial charge in [-0.05, 0) is 18.7 Å². The zero-order valence-electron chi connectivity index (χ0n) is 10.4. The van der Waals surface area contributed by atoms with E-state index in [4.69, 9.17) is 4.98 Å². The minimum absolute atomic E-state index is 0.0805. The van der Waals surface area contributed by atoms with Gasteiger partial charge in [-0.3, -0.25) is 4.79 Å². The van der Waals surface area contributed by atoms with Gasteiger partial charge in [0.05, 0.1) is 11.8 Å². The maximum atomic E-state index is 11.8. The predicted octanol–water partition coefficient (Wildman–Crippen LogP) is 1.52. The second-order valence-electron chi connectivity index (χ2n) is 4.95. The van der Waals surface area contributed by atoms with Crippen LogP contribution < -0.4 is 5.56 Å². The number of thiophene rings is 1. The maximum Gasteiger partial charge on any atom is 0.268 e. The lowest BCUT2D eigenvalue weighted by atomic mass is 10.1. The number of nitrogens with one attached hydrogen (secondary N) is 1. The third kappa shape index (κ3) is 1.60. The number of fused-ring (bicyclic) bond motifs is 4. The minimum Gasteiger partial charge on any atom is -0.312 e. The van der Waals surface area contributed by atoms with Crippen LogP contribution in [0.25, 0.3) is 20.4 Å². The Morgan fingerprint density at radius 2 is 2.37 bits per heavy atom. The molecule has 96 valence electrons. The summed E-state index contributed by atoms with van der Waals surface area (Å²) >= 11 is 1.43. The summed E-state index contributed by atoms with van der Waals surface area (Å²) in [7, 11) is 2.11. The molecule has 0 bridgehead atoms. The highest BCUT2D eigenvalue weighted by Crippen LogP contribution is 2.31. The number of hydrogen-bond acceptors (Lipinski definition) is 5. The summed E-state index contributed by atoms with van der Waals surface area (Å²) in [6.07, 6.45) is 2.43. The molecule has 4 rings (SSSR count). The number of pyridine rings is 1. The quantitative estimate of drug-likeness (QED) is 0.674. The van der Waals surface area contributed by atoms with Gasteiger partial charge in [-0.2, -0.15) is 0 Å². The molecule has 1 N–H and O–H groups in total. The summed E-state index contributed by atoms with van der Waals surface area (Å²) in [4.78, 5) is 26.6. The van der Waals surface area contributed by atoms with Crippen molar-refractivity contribution < 1.29 is 0 Å². The topological polar surface area (TPSA) is 61.9 Å². The molecule has 0 fully saturated rings. The molecule has 3 aromatic rings. The van der Waals surface area contributed by atoms with Crippen molar-refractivity contribution in [3.05, 3.63) is 34.0 Å². The lowest BCUT2D eigenvalue weighted by Gasteiger charge is -2.23. The van der Waals surface area contributed by atoms with Gasteiger partial charge in [-0.25, -0.2) is 9.97 Å². The number of aromatic amines is 1. The van der Waals surface area contributed by atoms with Crippen LogP contribution >= 0.6 is 11.3 Å². The number of H-pyrrole nitrogens is 1. The van der Waals surface area contributed by atoms with Crippen molar-refractivity contribution in [2.24, 2.45) is 0 Å². The van der Waals surface area contributed by atoms with Gasteiger partial charge in [0.1, 0.15) is 9.53 Å². The van der Waals surface area contributed by atoms with Gasteiger partial charge in [0, 0.05) is 30.6 Å². The Morgan fingerprint density at radius 1 is 1.47 bits per heavy atom. The highest BCUT2D eigenvalue weighted by molar-refractivity contribution is 7.25. The molecular weight excluding hydrogens is 260 g/mol. The molecular formula is C13H12N4OS. The van der Waals surface area contributed by atoms with Crippen LogP contribution in [-0.4, -0.2) is 33.4 Å².